The van der Waals surface area contributed by atoms with Crippen LogP contribution in [0.1, 0.15) is 49.9 Å². The summed E-state index contributed by atoms with van der Waals surface area (Å²) < 4.78 is 26.5. The first kappa shape index (κ1) is 18.9. The Kier molecular flexibility index (Phi) is 6.37. The molecule has 7 heteroatoms. The summed E-state index contributed by atoms with van der Waals surface area (Å²) in [7, 11) is -3.58. The Morgan fingerprint density at radius 3 is 2.42 bits per heavy atom. The first-order valence-electron chi connectivity index (χ1n) is 8.47. The second kappa shape index (κ2) is 8.09. The number of rotatable bonds is 6. The summed E-state index contributed by atoms with van der Waals surface area (Å²) >= 11 is 0. The van der Waals surface area contributed by atoms with Crippen LogP contribution in [0.4, 0.5) is 0 Å². The minimum absolute atomic E-state index is 0.0314. The SMILES string of the molecule is CCN(CC)S(=O)(=O)c1cccc(C(=O)NC2CCC(O)CC2)c1. The molecule has 0 spiro atoms. The van der Waals surface area contributed by atoms with Gasteiger partial charge in [-0.25, -0.2) is 8.42 Å². The van der Waals surface area contributed by atoms with Crippen LogP contribution in [0.3, 0.4) is 0 Å². The number of hydrogen-bond acceptors (Lipinski definition) is 4. The second-order valence-electron chi connectivity index (χ2n) is 6.10. The zero-order valence-corrected chi connectivity index (χ0v) is 15.1. The zero-order valence-electron chi connectivity index (χ0n) is 14.2. The quantitative estimate of drug-likeness (QED) is 0.815. The molecule has 1 aromatic carbocycles. The predicted octanol–water partition coefficient (Wildman–Crippen LogP) is 1.75. The molecule has 24 heavy (non-hydrogen) atoms. The number of nitrogens with zero attached hydrogens (tertiary/aromatic N) is 1. The van der Waals surface area contributed by atoms with Crippen LogP contribution in [-0.2, 0) is 10.0 Å². The summed E-state index contributed by atoms with van der Waals surface area (Å²) in [4.78, 5) is 12.5. The fourth-order valence-electron chi connectivity index (χ4n) is 3.00. The van der Waals surface area contributed by atoms with Crippen molar-refractivity contribution in [3.8, 4) is 0 Å². The van der Waals surface area contributed by atoms with E-state index in [0.29, 0.717) is 31.5 Å². The van der Waals surface area contributed by atoms with Crippen LogP contribution in [-0.4, -0.2) is 49.0 Å². The molecule has 2 N–H and O–H groups in total. The molecule has 1 amide bonds. The van der Waals surface area contributed by atoms with E-state index < -0.39 is 10.0 Å². The molecular formula is C17H26N2O4S. The van der Waals surface area contributed by atoms with Gasteiger partial charge >= 0.3 is 0 Å². The molecule has 1 aliphatic carbocycles. The Bertz CT molecular complexity index is 663. The van der Waals surface area contributed by atoms with Gasteiger partial charge in [-0.2, -0.15) is 4.31 Å². The molecule has 0 heterocycles. The van der Waals surface area contributed by atoms with Crippen molar-refractivity contribution in [2.45, 2.75) is 56.6 Å². The zero-order chi connectivity index (χ0) is 17.7. The number of sulfonamides is 1. The van der Waals surface area contributed by atoms with Crippen LogP contribution >= 0.6 is 0 Å². The lowest BCUT2D eigenvalue weighted by molar-refractivity contribution is 0.0867. The highest BCUT2D eigenvalue weighted by atomic mass is 32.2. The predicted molar refractivity (Wildman–Crippen MR) is 92.3 cm³/mol. The molecule has 0 unspecified atom stereocenters. The fraction of sp³-hybridized carbons (Fsp3) is 0.588. The number of amides is 1. The molecule has 0 atom stereocenters. The standard InChI is InChI=1S/C17H26N2O4S/c1-3-19(4-2)24(22,23)16-7-5-6-13(12-16)17(21)18-14-8-10-15(20)11-9-14/h5-7,12,14-15,20H,3-4,8-11H2,1-2H3,(H,18,21). The van der Waals surface area contributed by atoms with Gasteiger partial charge < -0.3 is 10.4 Å². The molecule has 0 aliphatic heterocycles. The van der Waals surface area contributed by atoms with E-state index in [-0.39, 0.29) is 22.9 Å². The fourth-order valence-corrected chi connectivity index (χ4v) is 4.50. The lowest BCUT2D eigenvalue weighted by Crippen LogP contribution is -2.38. The minimum Gasteiger partial charge on any atom is -0.393 e. The van der Waals surface area contributed by atoms with E-state index >= 15 is 0 Å². The molecule has 6 nitrogen and oxygen atoms in total. The summed E-state index contributed by atoms with van der Waals surface area (Å²) in [5.41, 5.74) is 0.342. The van der Waals surface area contributed by atoms with E-state index in [1.165, 1.54) is 16.4 Å². The number of carbonyl (C=O) groups excluding carboxylic acids is 1. The maximum Gasteiger partial charge on any atom is 0.251 e. The number of nitrogens with one attached hydrogen (secondary N) is 1. The van der Waals surface area contributed by atoms with Crippen LogP contribution in [0.2, 0.25) is 0 Å². The molecule has 0 saturated heterocycles. The van der Waals surface area contributed by atoms with Crippen molar-refractivity contribution in [2.75, 3.05) is 13.1 Å². The topological polar surface area (TPSA) is 86.7 Å². The maximum absolute atomic E-state index is 12.6. The Labute approximate surface area is 143 Å². The number of carbonyl (C=O) groups is 1. The van der Waals surface area contributed by atoms with Crippen LogP contribution in [0.25, 0.3) is 0 Å². The van der Waals surface area contributed by atoms with Crippen molar-refractivity contribution in [3.63, 3.8) is 0 Å². The number of hydrogen-bond donors (Lipinski definition) is 2. The van der Waals surface area contributed by atoms with Crippen molar-refractivity contribution in [2.24, 2.45) is 0 Å². The van der Waals surface area contributed by atoms with Crippen LogP contribution in [0.5, 0.6) is 0 Å². The van der Waals surface area contributed by atoms with Crippen molar-refractivity contribution < 1.29 is 18.3 Å². The minimum atomic E-state index is -3.58. The molecule has 0 radical (unpaired) electrons. The summed E-state index contributed by atoms with van der Waals surface area (Å²) in [6.07, 6.45) is 2.57. The Morgan fingerprint density at radius 2 is 1.83 bits per heavy atom. The first-order chi connectivity index (χ1) is 11.4. The van der Waals surface area contributed by atoms with Crippen LogP contribution in [0.15, 0.2) is 29.2 Å². The van der Waals surface area contributed by atoms with Gasteiger partial charge in [0.2, 0.25) is 10.0 Å². The lowest BCUT2D eigenvalue weighted by Gasteiger charge is -2.26. The third-order valence-electron chi connectivity index (χ3n) is 4.47. The Morgan fingerprint density at radius 1 is 1.21 bits per heavy atom. The summed E-state index contributed by atoms with van der Waals surface area (Å²) in [5.74, 6) is -0.270. The smallest absolute Gasteiger partial charge is 0.251 e. The second-order valence-corrected chi connectivity index (χ2v) is 8.03. The Balaban J connectivity index is 2.13. The lowest BCUT2D eigenvalue weighted by atomic mass is 9.93. The monoisotopic (exact) mass is 354 g/mol. The van der Waals surface area contributed by atoms with E-state index in [0.717, 1.165) is 12.8 Å². The van der Waals surface area contributed by atoms with Crippen molar-refractivity contribution >= 4 is 15.9 Å². The van der Waals surface area contributed by atoms with Gasteiger partial charge in [-0.05, 0) is 43.9 Å². The van der Waals surface area contributed by atoms with Gasteiger partial charge in [-0.15, -0.1) is 0 Å². The number of benzene rings is 1. The normalized spacial score (nSPS) is 21.7. The van der Waals surface area contributed by atoms with E-state index in [2.05, 4.69) is 5.32 Å². The Hall–Kier alpha value is -1.44. The molecule has 1 fully saturated rings. The molecular weight excluding hydrogens is 328 g/mol. The van der Waals surface area contributed by atoms with Gasteiger partial charge in [0.15, 0.2) is 0 Å². The summed E-state index contributed by atoms with van der Waals surface area (Å²) in [5, 5.41) is 12.5. The van der Waals surface area contributed by atoms with Crippen LogP contribution < -0.4 is 5.32 Å². The molecule has 0 aromatic heterocycles. The van der Waals surface area contributed by atoms with E-state index in [1.54, 1.807) is 26.0 Å². The van der Waals surface area contributed by atoms with Gasteiger partial charge in [0.25, 0.3) is 5.91 Å². The van der Waals surface area contributed by atoms with E-state index in [4.69, 9.17) is 0 Å². The molecule has 1 saturated carbocycles. The van der Waals surface area contributed by atoms with Crippen molar-refractivity contribution in [1.29, 1.82) is 0 Å². The van der Waals surface area contributed by atoms with Gasteiger partial charge in [0, 0.05) is 24.7 Å². The van der Waals surface area contributed by atoms with E-state index in [9.17, 15) is 18.3 Å². The highest BCUT2D eigenvalue weighted by Crippen LogP contribution is 2.20. The molecule has 0 bridgehead atoms. The maximum atomic E-state index is 12.6. The third kappa shape index (κ3) is 4.34. The molecule has 2 rings (SSSR count). The molecule has 1 aromatic rings. The van der Waals surface area contributed by atoms with Gasteiger partial charge in [-0.3, -0.25) is 4.79 Å². The van der Waals surface area contributed by atoms with Crippen LogP contribution in [0, 0.1) is 0 Å². The number of aliphatic hydroxyl groups is 1. The van der Waals surface area contributed by atoms with Gasteiger partial charge in [0.1, 0.15) is 0 Å². The highest BCUT2D eigenvalue weighted by molar-refractivity contribution is 7.89. The van der Waals surface area contributed by atoms with Crippen molar-refractivity contribution in [3.05, 3.63) is 29.8 Å². The van der Waals surface area contributed by atoms with Gasteiger partial charge in [0.05, 0.1) is 11.0 Å². The molecule has 1 aliphatic rings. The largest absolute Gasteiger partial charge is 0.393 e. The summed E-state index contributed by atoms with van der Waals surface area (Å²) in [6.45, 7) is 4.35. The average molecular weight is 354 g/mol. The molecule has 134 valence electrons. The summed E-state index contributed by atoms with van der Waals surface area (Å²) in [6, 6.07) is 6.19. The van der Waals surface area contributed by atoms with Crippen molar-refractivity contribution in [1.82, 2.24) is 9.62 Å². The van der Waals surface area contributed by atoms with E-state index in [1.807, 2.05) is 0 Å². The van der Waals surface area contributed by atoms with Gasteiger partial charge in [-0.1, -0.05) is 19.9 Å². The first-order valence-corrected chi connectivity index (χ1v) is 9.91. The highest BCUT2D eigenvalue weighted by Gasteiger charge is 2.24. The third-order valence-corrected chi connectivity index (χ3v) is 6.52. The number of aliphatic hydroxyl groups excluding tert-OH is 1. The average Bonchev–Trinajstić information content (AvgIpc) is 2.58.